The molecule has 0 fully saturated rings. The second kappa shape index (κ2) is 5.33. The van der Waals surface area contributed by atoms with Gasteiger partial charge in [0.05, 0.1) is 14.2 Å². The molecule has 0 aliphatic heterocycles. The van der Waals surface area contributed by atoms with Crippen LogP contribution >= 0.6 is 0 Å². The van der Waals surface area contributed by atoms with E-state index in [4.69, 9.17) is 9.47 Å². The van der Waals surface area contributed by atoms with Crippen molar-refractivity contribution in [2.45, 2.75) is 12.5 Å². The van der Waals surface area contributed by atoms with E-state index >= 15 is 0 Å². The third-order valence-electron chi connectivity index (χ3n) is 3.28. The first kappa shape index (κ1) is 13.4. The molecule has 0 aromatic heterocycles. The van der Waals surface area contributed by atoms with Gasteiger partial charge in [0.1, 0.15) is 5.60 Å². The highest BCUT2D eigenvalue weighted by molar-refractivity contribution is 5.47. The number of ether oxygens (including phenoxy) is 2. The molecule has 3 nitrogen and oxygen atoms in total. The van der Waals surface area contributed by atoms with Gasteiger partial charge in [-0.25, -0.2) is 0 Å². The molecule has 0 aliphatic carbocycles. The van der Waals surface area contributed by atoms with Gasteiger partial charge in [0, 0.05) is 0 Å². The number of aliphatic hydroxyl groups is 1. The fourth-order valence-corrected chi connectivity index (χ4v) is 2.07. The molecule has 2 aromatic carbocycles. The van der Waals surface area contributed by atoms with Crippen LogP contribution in [-0.2, 0) is 5.60 Å². The summed E-state index contributed by atoms with van der Waals surface area (Å²) in [6.07, 6.45) is 0. The van der Waals surface area contributed by atoms with E-state index in [-0.39, 0.29) is 0 Å². The SMILES string of the molecule is COc1ccc(C(C)(O)c2ccccc2)cc1OC. The zero-order chi connectivity index (χ0) is 13.9. The molecule has 19 heavy (non-hydrogen) atoms. The van der Waals surface area contributed by atoms with Gasteiger partial charge in [0.2, 0.25) is 0 Å². The minimum absolute atomic E-state index is 0.608. The van der Waals surface area contributed by atoms with Crippen molar-refractivity contribution in [3.8, 4) is 11.5 Å². The van der Waals surface area contributed by atoms with Gasteiger partial charge in [-0.15, -0.1) is 0 Å². The third kappa shape index (κ3) is 2.56. The maximum atomic E-state index is 10.7. The summed E-state index contributed by atoms with van der Waals surface area (Å²) in [6.45, 7) is 1.77. The molecule has 2 rings (SSSR count). The third-order valence-corrected chi connectivity index (χ3v) is 3.28. The Bertz CT molecular complexity index is 547. The molecule has 0 radical (unpaired) electrons. The van der Waals surface area contributed by atoms with Crippen LogP contribution in [0, 0.1) is 0 Å². The van der Waals surface area contributed by atoms with E-state index < -0.39 is 5.60 Å². The molecule has 0 aliphatic rings. The van der Waals surface area contributed by atoms with Crippen LogP contribution in [0.5, 0.6) is 11.5 Å². The summed E-state index contributed by atoms with van der Waals surface area (Å²) in [4.78, 5) is 0. The lowest BCUT2D eigenvalue weighted by Gasteiger charge is -2.25. The van der Waals surface area contributed by atoms with E-state index in [0.717, 1.165) is 11.1 Å². The fourth-order valence-electron chi connectivity index (χ4n) is 2.07. The van der Waals surface area contributed by atoms with Crippen LogP contribution in [0.25, 0.3) is 0 Å². The Hall–Kier alpha value is -2.00. The van der Waals surface area contributed by atoms with Gasteiger partial charge in [-0.05, 0) is 30.2 Å². The van der Waals surface area contributed by atoms with E-state index in [9.17, 15) is 5.11 Å². The largest absolute Gasteiger partial charge is 0.493 e. The van der Waals surface area contributed by atoms with E-state index in [0.29, 0.717) is 11.5 Å². The smallest absolute Gasteiger partial charge is 0.161 e. The summed E-state index contributed by atoms with van der Waals surface area (Å²) in [6, 6.07) is 15.0. The lowest BCUT2D eigenvalue weighted by molar-refractivity contribution is 0.102. The summed E-state index contributed by atoms with van der Waals surface area (Å²) in [7, 11) is 3.17. The molecule has 1 N–H and O–H groups in total. The number of methoxy groups -OCH3 is 2. The maximum Gasteiger partial charge on any atom is 0.161 e. The van der Waals surface area contributed by atoms with Crippen LogP contribution in [0.4, 0.5) is 0 Å². The highest BCUT2D eigenvalue weighted by Crippen LogP contribution is 2.35. The normalized spacial score (nSPS) is 13.7. The fraction of sp³-hybridized carbons (Fsp3) is 0.250. The quantitative estimate of drug-likeness (QED) is 0.916. The van der Waals surface area contributed by atoms with Gasteiger partial charge in [0.15, 0.2) is 11.5 Å². The molecule has 0 saturated heterocycles. The molecule has 3 heteroatoms. The van der Waals surface area contributed by atoms with Gasteiger partial charge in [-0.2, -0.15) is 0 Å². The van der Waals surface area contributed by atoms with Gasteiger partial charge >= 0.3 is 0 Å². The Morgan fingerprint density at radius 1 is 0.842 bits per heavy atom. The van der Waals surface area contributed by atoms with Crippen molar-refractivity contribution in [2.24, 2.45) is 0 Å². The topological polar surface area (TPSA) is 38.7 Å². The first-order chi connectivity index (χ1) is 9.09. The molecule has 2 aromatic rings. The van der Waals surface area contributed by atoms with Gasteiger partial charge < -0.3 is 14.6 Å². The van der Waals surface area contributed by atoms with Gasteiger partial charge in [-0.1, -0.05) is 36.4 Å². The zero-order valence-corrected chi connectivity index (χ0v) is 11.4. The van der Waals surface area contributed by atoms with Crippen LogP contribution in [0.2, 0.25) is 0 Å². The molecular formula is C16H18O3. The molecule has 100 valence electrons. The van der Waals surface area contributed by atoms with Crippen LogP contribution in [-0.4, -0.2) is 19.3 Å². The zero-order valence-electron chi connectivity index (χ0n) is 11.4. The molecule has 1 atom stereocenters. The van der Waals surface area contributed by atoms with E-state index in [1.807, 2.05) is 36.4 Å². The summed E-state index contributed by atoms with van der Waals surface area (Å²) >= 11 is 0. The van der Waals surface area contributed by atoms with E-state index in [1.165, 1.54) is 0 Å². The number of rotatable bonds is 4. The van der Waals surface area contributed by atoms with Crippen molar-refractivity contribution < 1.29 is 14.6 Å². The molecular weight excluding hydrogens is 240 g/mol. The van der Waals surface area contributed by atoms with E-state index in [1.54, 1.807) is 33.3 Å². The van der Waals surface area contributed by atoms with Crippen LogP contribution in [0.15, 0.2) is 48.5 Å². The first-order valence-electron chi connectivity index (χ1n) is 6.10. The predicted octanol–water partition coefficient (Wildman–Crippen LogP) is 2.96. The summed E-state index contributed by atoms with van der Waals surface area (Å²) < 4.78 is 10.5. The highest BCUT2D eigenvalue weighted by Gasteiger charge is 2.26. The standard InChI is InChI=1S/C16H18O3/c1-16(17,12-7-5-4-6-8-12)13-9-10-14(18-2)15(11-13)19-3/h4-11,17H,1-3H3. The average molecular weight is 258 g/mol. The molecule has 0 spiro atoms. The van der Waals surface area contributed by atoms with Gasteiger partial charge in [0.25, 0.3) is 0 Å². The Morgan fingerprint density at radius 2 is 1.47 bits per heavy atom. The van der Waals surface area contributed by atoms with Crippen LogP contribution < -0.4 is 9.47 Å². The van der Waals surface area contributed by atoms with Gasteiger partial charge in [-0.3, -0.25) is 0 Å². The van der Waals surface area contributed by atoms with Crippen LogP contribution in [0.1, 0.15) is 18.1 Å². The number of hydrogen-bond acceptors (Lipinski definition) is 3. The summed E-state index contributed by atoms with van der Waals surface area (Å²) in [5.74, 6) is 1.26. The summed E-state index contributed by atoms with van der Waals surface area (Å²) in [5, 5.41) is 10.7. The molecule has 0 amide bonds. The predicted molar refractivity (Wildman–Crippen MR) is 74.7 cm³/mol. The van der Waals surface area contributed by atoms with Crippen LogP contribution in [0.3, 0.4) is 0 Å². The summed E-state index contributed by atoms with van der Waals surface area (Å²) in [5.41, 5.74) is 0.527. The van der Waals surface area contributed by atoms with Crippen molar-refractivity contribution >= 4 is 0 Å². The molecule has 1 unspecified atom stereocenters. The minimum atomic E-state index is -1.07. The second-order valence-electron chi connectivity index (χ2n) is 4.51. The second-order valence-corrected chi connectivity index (χ2v) is 4.51. The number of hydrogen-bond donors (Lipinski definition) is 1. The Labute approximate surface area is 113 Å². The average Bonchev–Trinajstić information content (AvgIpc) is 2.47. The maximum absolute atomic E-state index is 10.7. The van der Waals surface area contributed by atoms with Crippen molar-refractivity contribution in [3.63, 3.8) is 0 Å². The van der Waals surface area contributed by atoms with E-state index in [2.05, 4.69) is 0 Å². The molecule has 0 bridgehead atoms. The molecule has 0 heterocycles. The molecule has 0 saturated carbocycles. The minimum Gasteiger partial charge on any atom is -0.493 e. The Morgan fingerprint density at radius 3 is 2.05 bits per heavy atom. The van der Waals surface area contributed by atoms with Crippen molar-refractivity contribution in [2.75, 3.05) is 14.2 Å². The Balaban J connectivity index is 2.46. The highest BCUT2D eigenvalue weighted by atomic mass is 16.5. The Kier molecular flexibility index (Phi) is 3.76. The van der Waals surface area contributed by atoms with Crippen molar-refractivity contribution in [3.05, 3.63) is 59.7 Å². The van der Waals surface area contributed by atoms with Crippen molar-refractivity contribution in [1.29, 1.82) is 0 Å². The first-order valence-corrected chi connectivity index (χ1v) is 6.10. The lowest BCUT2D eigenvalue weighted by Crippen LogP contribution is -2.22. The lowest BCUT2D eigenvalue weighted by atomic mass is 9.88. The number of benzene rings is 2. The van der Waals surface area contributed by atoms with Crippen molar-refractivity contribution in [1.82, 2.24) is 0 Å². The monoisotopic (exact) mass is 258 g/mol.